The molecular formula is C11H12OS2. The maximum atomic E-state index is 9.24. The number of benzene rings is 1. The van der Waals surface area contributed by atoms with Gasteiger partial charge in [0, 0.05) is 20.4 Å². The topological polar surface area (TPSA) is 20.2 Å². The van der Waals surface area contributed by atoms with Crippen LogP contribution in [-0.4, -0.2) is 11.4 Å². The summed E-state index contributed by atoms with van der Waals surface area (Å²) in [4.78, 5) is 1.31. The monoisotopic (exact) mass is 224 g/mol. The van der Waals surface area contributed by atoms with Crippen LogP contribution in [0.15, 0.2) is 22.4 Å². The summed E-state index contributed by atoms with van der Waals surface area (Å²) < 4.78 is 1.22. The molecule has 0 unspecified atom stereocenters. The van der Waals surface area contributed by atoms with Gasteiger partial charge in [-0.05, 0) is 24.8 Å². The van der Waals surface area contributed by atoms with Crippen LogP contribution in [0, 0.1) is 6.92 Å². The number of thioether (sulfide) groups is 1. The van der Waals surface area contributed by atoms with E-state index in [1.807, 2.05) is 0 Å². The molecule has 0 radical (unpaired) electrons. The van der Waals surface area contributed by atoms with Crippen molar-refractivity contribution in [1.82, 2.24) is 0 Å². The molecule has 14 heavy (non-hydrogen) atoms. The molecule has 74 valence electrons. The highest BCUT2D eigenvalue weighted by Gasteiger charge is 2.07. The van der Waals surface area contributed by atoms with E-state index < -0.39 is 0 Å². The van der Waals surface area contributed by atoms with E-state index in [1.54, 1.807) is 23.1 Å². The van der Waals surface area contributed by atoms with Gasteiger partial charge in [0.25, 0.3) is 0 Å². The van der Waals surface area contributed by atoms with E-state index in [1.165, 1.54) is 20.5 Å². The van der Waals surface area contributed by atoms with Gasteiger partial charge in [-0.2, -0.15) is 0 Å². The van der Waals surface area contributed by atoms with Crippen molar-refractivity contribution in [3.05, 3.63) is 28.6 Å². The lowest BCUT2D eigenvalue weighted by molar-refractivity contribution is 0.283. The van der Waals surface area contributed by atoms with Gasteiger partial charge in [0.15, 0.2) is 0 Å². The maximum absolute atomic E-state index is 9.24. The molecule has 0 saturated carbocycles. The molecule has 0 bridgehead atoms. The zero-order valence-corrected chi connectivity index (χ0v) is 9.84. The zero-order valence-electron chi connectivity index (χ0n) is 8.20. The lowest BCUT2D eigenvalue weighted by Crippen LogP contribution is -1.84. The minimum atomic E-state index is 0.131. The zero-order chi connectivity index (χ0) is 10.1. The van der Waals surface area contributed by atoms with Crippen molar-refractivity contribution in [1.29, 1.82) is 0 Å². The van der Waals surface area contributed by atoms with Crippen LogP contribution < -0.4 is 0 Å². The molecule has 0 fully saturated rings. The maximum Gasteiger partial charge on any atom is 0.0695 e. The molecule has 2 rings (SSSR count). The normalized spacial score (nSPS) is 11.1. The van der Waals surface area contributed by atoms with Gasteiger partial charge in [0.2, 0.25) is 0 Å². The van der Waals surface area contributed by atoms with Crippen LogP contribution >= 0.6 is 23.1 Å². The third-order valence-corrected chi connectivity index (χ3v) is 4.25. The third-order valence-electron chi connectivity index (χ3n) is 2.25. The summed E-state index contributed by atoms with van der Waals surface area (Å²) in [6.07, 6.45) is 2.09. The van der Waals surface area contributed by atoms with Crippen LogP contribution in [0.1, 0.15) is 11.1 Å². The highest BCUT2D eigenvalue weighted by atomic mass is 32.2. The largest absolute Gasteiger partial charge is 0.392 e. The van der Waals surface area contributed by atoms with E-state index >= 15 is 0 Å². The smallest absolute Gasteiger partial charge is 0.0695 e. The number of aliphatic hydroxyl groups excluding tert-OH is 1. The van der Waals surface area contributed by atoms with Gasteiger partial charge in [-0.3, -0.25) is 0 Å². The molecule has 0 aliphatic heterocycles. The first-order valence-corrected chi connectivity index (χ1v) is 6.52. The molecule has 0 aliphatic rings. The Kier molecular flexibility index (Phi) is 2.81. The predicted molar refractivity (Wildman–Crippen MR) is 64.3 cm³/mol. The highest BCUT2D eigenvalue weighted by Crippen LogP contribution is 2.35. The van der Waals surface area contributed by atoms with Gasteiger partial charge >= 0.3 is 0 Å². The highest BCUT2D eigenvalue weighted by molar-refractivity contribution is 7.99. The van der Waals surface area contributed by atoms with E-state index in [9.17, 15) is 5.11 Å². The second-order valence-electron chi connectivity index (χ2n) is 3.26. The molecule has 1 aromatic carbocycles. The van der Waals surface area contributed by atoms with E-state index in [2.05, 4.69) is 30.7 Å². The fourth-order valence-corrected chi connectivity index (χ4v) is 3.52. The minimum Gasteiger partial charge on any atom is -0.392 e. The average Bonchev–Trinajstić information content (AvgIpc) is 2.59. The van der Waals surface area contributed by atoms with Crippen LogP contribution in [-0.2, 0) is 6.61 Å². The van der Waals surface area contributed by atoms with Gasteiger partial charge < -0.3 is 5.11 Å². The number of aryl methyl sites for hydroxylation is 1. The minimum absolute atomic E-state index is 0.131. The standard InChI is InChI=1S/C11H12OS2/c1-7-3-8(5-12)11-9(4-7)10(13-2)6-14-11/h3-4,6,12H,5H2,1-2H3. The Morgan fingerprint density at radius 3 is 2.86 bits per heavy atom. The van der Waals surface area contributed by atoms with Crippen molar-refractivity contribution in [2.45, 2.75) is 18.4 Å². The Balaban J connectivity index is 2.76. The van der Waals surface area contributed by atoms with Crippen molar-refractivity contribution in [3.8, 4) is 0 Å². The summed E-state index contributed by atoms with van der Waals surface area (Å²) in [5.74, 6) is 0. The van der Waals surface area contributed by atoms with E-state index in [0.29, 0.717) is 0 Å². The van der Waals surface area contributed by atoms with Crippen molar-refractivity contribution >= 4 is 33.2 Å². The lowest BCUT2D eigenvalue weighted by Gasteiger charge is -2.02. The summed E-state index contributed by atoms with van der Waals surface area (Å²) in [5, 5.41) is 12.7. The molecule has 1 aromatic heterocycles. The van der Waals surface area contributed by atoms with Crippen LogP contribution in [0.2, 0.25) is 0 Å². The number of hydrogen-bond acceptors (Lipinski definition) is 3. The Morgan fingerprint density at radius 1 is 1.43 bits per heavy atom. The third kappa shape index (κ3) is 1.56. The van der Waals surface area contributed by atoms with Gasteiger partial charge in [0.1, 0.15) is 0 Å². The van der Waals surface area contributed by atoms with Crippen molar-refractivity contribution < 1.29 is 5.11 Å². The van der Waals surface area contributed by atoms with Gasteiger partial charge in [-0.15, -0.1) is 23.1 Å². The SMILES string of the molecule is CSc1csc2c(CO)cc(C)cc12. The van der Waals surface area contributed by atoms with E-state index in [0.717, 1.165) is 5.56 Å². The van der Waals surface area contributed by atoms with E-state index in [-0.39, 0.29) is 6.61 Å². The van der Waals surface area contributed by atoms with Gasteiger partial charge in [0.05, 0.1) is 6.61 Å². The Hall–Kier alpha value is -0.510. The van der Waals surface area contributed by atoms with Crippen molar-refractivity contribution in [2.24, 2.45) is 0 Å². The first-order valence-electron chi connectivity index (χ1n) is 4.42. The van der Waals surface area contributed by atoms with Crippen LogP contribution in [0.5, 0.6) is 0 Å². The van der Waals surface area contributed by atoms with Crippen LogP contribution in [0.25, 0.3) is 10.1 Å². The van der Waals surface area contributed by atoms with Gasteiger partial charge in [-0.1, -0.05) is 11.6 Å². The summed E-state index contributed by atoms with van der Waals surface area (Å²) in [5.41, 5.74) is 2.26. The molecule has 1 nitrogen and oxygen atoms in total. The number of fused-ring (bicyclic) bond motifs is 1. The van der Waals surface area contributed by atoms with Gasteiger partial charge in [-0.25, -0.2) is 0 Å². The fraction of sp³-hybridized carbons (Fsp3) is 0.273. The number of aliphatic hydroxyl groups is 1. The Morgan fingerprint density at radius 2 is 2.21 bits per heavy atom. The number of thiophene rings is 1. The summed E-state index contributed by atoms with van der Waals surface area (Å²) in [7, 11) is 0. The fourth-order valence-electron chi connectivity index (χ4n) is 1.62. The second-order valence-corrected chi connectivity index (χ2v) is 4.99. The first-order chi connectivity index (χ1) is 6.76. The molecule has 3 heteroatoms. The number of rotatable bonds is 2. The molecule has 0 saturated heterocycles. The molecule has 2 aromatic rings. The lowest BCUT2D eigenvalue weighted by atomic mass is 10.1. The summed E-state index contributed by atoms with van der Waals surface area (Å²) >= 11 is 3.48. The average molecular weight is 224 g/mol. The van der Waals surface area contributed by atoms with Crippen molar-refractivity contribution in [3.63, 3.8) is 0 Å². The molecule has 0 amide bonds. The molecule has 1 heterocycles. The van der Waals surface area contributed by atoms with Crippen LogP contribution in [0.4, 0.5) is 0 Å². The molecule has 1 N–H and O–H groups in total. The Labute approximate surface area is 91.8 Å². The predicted octanol–water partition coefficient (Wildman–Crippen LogP) is 3.42. The molecule has 0 aliphatic carbocycles. The Bertz CT molecular complexity index is 460. The van der Waals surface area contributed by atoms with Crippen molar-refractivity contribution in [2.75, 3.05) is 6.26 Å². The summed E-state index contributed by atoms with van der Waals surface area (Å²) in [6.45, 7) is 2.20. The van der Waals surface area contributed by atoms with E-state index in [4.69, 9.17) is 0 Å². The number of hydrogen-bond donors (Lipinski definition) is 1. The molecular weight excluding hydrogens is 212 g/mol. The second kappa shape index (κ2) is 3.93. The molecule has 0 atom stereocenters. The molecule has 0 spiro atoms. The quantitative estimate of drug-likeness (QED) is 0.789. The summed E-state index contributed by atoms with van der Waals surface area (Å²) in [6, 6.07) is 4.25. The van der Waals surface area contributed by atoms with Crippen LogP contribution in [0.3, 0.4) is 0 Å². The first kappa shape index (κ1) is 10.0.